The molecule has 1 aliphatic heterocycles. The van der Waals surface area contributed by atoms with E-state index in [1.807, 2.05) is 18.2 Å². The summed E-state index contributed by atoms with van der Waals surface area (Å²) >= 11 is 0. The highest BCUT2D eigenvalue weighted by molar-refractivity contribution is 6.03. The van der Waals surface area contributed by atoms with Gasteiger partial charge in [0, 0.05) is 33.2 Å². The normalized spacial score (nSPS) is 11.5. The third-order valence-electron chi connectivity index (χ3n) is 12.4. The minimum Gasteiger partial charge on any atom is -0.455 e. The Morgan fingerprint density at radius 1 is 0.246 bits per heavy atom. The molecule has 65 heavy (non-hydrogen) atoms. The molecule has 0 bridgehead atoms. The van der Waals surface area contributed by atoms with Crippen LogP contribution in [-0.4, -0.2) is 15.0 Å². The van der Waals surface area contributed by atoms with E-state index >= 15 is 0 Å². The number of benzene rings is 10. The van der Waals surface area contributed by atoms with E-state index in [1.54, 1.807) is 0 Å². The van der Waals surface area contributed by atoms with Gasteiger partial charge >= 0.3 is 0 Å². The van der Waals surface area contributed by atoms with Gasteiger partial charge in [-0.15, -0.1) is 0 Å². The van der Waals surface area contributed by atoms with Gasteiger partial charge in [0.25, 0.3) is 0 Å². The Hall–Kier alpha value is -8.73. The zero-order valence-electron chi connectivity index (χ0n) is 35.3. The maximum absolute atomic E-state index is 7.25. The van der Waals surface area contributed by atoms with Crippen molar-refractivity contribution in [2.75, 3.05) is 0 Å². The van der Waals surface area contributed by atoms with E-state index in [0.717, 1.165) is 106 Å². The Morgan fingerprint density at radius 3 is 1.25 bits per heavy atom. The van der Waals surface area contributed by atoms with Gasteiger partial charge in [-0.1, -0.05) is 206 Å². The van der Waals surface area contributed by atoms with Crippen LogP contribution >= 0.6 is 0 Å². The number of rotatable bonds is 5. The van der Waals surface area contributed by atoms with Crippen molar-refractivity contribution >= 4 is 10.8 Å². The molecule has 1 aromatic heterocycles. The quantitative estimate of drug-likeness (QED) is 0.173. The molecular formula is C61H39N3O. The maximum atomic E-state index is 7.25. The first-order chi connectivity index (χ1) is 32.2. The molecule has 4 heteroatoms. The third-order valence-corrected chi connectivity index (χ3v) is 12.4. The highest BCUT2D eigenvalue weighted by atomic mass is 16.5. The van der Waals surface area contributed by atoms with Crippen molar-refractivity contribution < 1.29 is 4.74 Å². The van der Waals surface area contributed by atoms with Gasteiger partial charge in [0.1, 0.15) is 11.5 Å². The van der Waals surface area contributed by atoms with Crippen LogP contribution in [0.5, 0.6) is 11.5 Å². The van der Waals surface area contributed by atoms with Crippen LogP contribution < -0.4 is 4.74 Å². The Kier molecular flexibility index (Phi) is 9.46. The lowest BCUT2D eigenvalue weighted by Gasteiger charge is -2.19. The summed E-state index contributed by atoms with van der Waals surface area (Å²) in [6.45, 7) is 0. The minimum atomic E-state index is 0.574. The van der Waals surface area contributed by atoms with Gasteiger partial charge in [0.05, 0.1) is 0 Å². The van der Waals surface area contributed by atoms with Crippen LogP contribution in [0.2, 0.25) is 0 Å². The molecule has 0 saturated heterocycles. The standard InChI is InChI=1S/C61H39N3O/c1-3-17-40(18-4-1)43-22-15-24-45(37-43)59-62-60(46-25-16-23-44(38-46)41-19-5-2-6-20-41)64-61(63-59)47-34-35-53-51-29-10-9-27-49(51)50-28-11-12-30-52(50)54-31-13-14-32-57(54)65-58-48-26-8-7-21-42(48)33-36-55(58)56(53)39-47/h1-39H. The number of ether oxygens (including phenoxy) is 1. The molecular weight excluding hydrogens is 791 g/mol. The lowest BCUT2D eigenvalue weighted by atomic mass is 9.85. The van der Waals surface area contributed by atoms with E-state index in [9.17, 15) is 0 Å². The van der Waals surface area contributed by atoms with E-state index in [1.165, 1.54) is 0 Å². The summed E-state index contributed by atoms with van der Waals surface area (Å²) in [6, 6.07) is 82.9. The van der Waals surface area contributed by atoms with Crippen molar-refractivity contribution in [3.8, 4) is 112 Å². The van der Waals surface area contributed by atoms with Crippen LogP contribution in [-0.2, 0) is 0 Å². The zero-order valence-corrected chi connectivity index (χ0v) is 35.3. The number of aromatic nitrogens is 3. The molecule has 0 N–H and O–H groups in total. The Labute approximate surface area is 377 Å². The highest BCUT2D eigenvalue weighted by Gasteiger charge is 2.24. The molecule has 0 spiro atoms. The average molecular weight is 830 g/mol. The molecule has 0 atom stereocenters. The highest BCUT2D eigenvalue weighted by Crippen LogP contribution is 2.50. The first kappa shape index (κ1) is 38.0. The van der Waals surface area contributed by atoms with Crippen molar-refractivity contribution in [3.63, 3.8) is 0 Å². The molecule has 0 amide bonds. The van der Waals surface area contributed by atoms with Gasteiger partial charge < -0.3 is 4.74 Å². The summed E-state index contributed by atoms with van der Waals surface area (Å²) in [5.74, 6) is 3.34. The topological polar surface area (TPSA) is 47.9 Å². The second-order valence-corrected chi connectivity index (χ2v) is 16.3. The summed E-state index contributed by atoms with van der Waals surface area (Å²) in [4.78, 5) is 15.8. The Morgan fingerprint density at radius 2 is 0.662 bits per heavy atom. The van der Waals surface area contributed by atoms with Gasteiger partial charge in [-0.05, 0) is 91.4 Å². The van der Waals surface area contributed by atoms with Crippen molar-refractivity contribution in [1.29, 1.82) is 0 Å². The number of para-hydroxylation sites is 1. The molecule has 0 fully saturated rings. The number of hydrogen-bond donors (Lipinski definition) is 0. The lowest BCUT2D eigenvalue weighted by Crippen LogP contribution is -2.01. The summed E-state index contributed by atoms with van der Waals surface area (Å²) in [6.07, 6.45) is 0. The molecule has 1 aliphatic rings. The fourth-order valence-electron chi connectivity index (χ4n) is 9.20. The van der Waals surface area contributed by atoms with Gasteiger partial charge in [-0.3, -0.25) is 0 Å². The van der Waals surface area contributed by atoms with Crippen molar-refractivity contribution in [1.82, 2.24) is 15.0 Å². The SMILES string of the molecule is c1ccc(-c2cccc(-c3nc(-c4cccc(-c5ccccc5)c4)nc(-c4ccc5c(c4)-c4ccc6ccccc6c4Oc4ccccc4-c4ccccc4-c4ccccc4-5)n3)c2)cc1. The van der Waals surface area contributed by atoms with Crippen LogP contribution in [0.1, 0.15) is 0 Å². The van der Waals surface area contributed by atoms with Crippen LogP contribution in [0.3, 0.4) is 0 Å². The van der Waals surface area contributed by atoms with Crippen LogP contribution in [0.15, 0.2) is 237 Å². The van der Waals surface area contributed by atoms with Gasteiger partial charge in [-0.25, -0.2) is 15.0 Å². The summed E-state index contributed by atoms with van der Waals surface area (Å²) in [5.41, 5.74) is 15.7. The molecule has 0 unspecified atom stereocenters. The number of hydrogen-bond acceptors (Lipinski definition) is 4. The predicted octanol–water partition coefficient (Wildman–Crippen LogP) is 16.1. The van der Waals surface area contributed by atoms with E-state index in [4.69, 9.17) is 19.7 Å². The molecule has 12 rings (SSSR count). The maximum Gasteiger partial charge on any atom is 0.164 e. The molecule has 11 aromatic rings. The average Bonchev–Trinajstić information content (AvgIpc) is 3.40. The summed E-state index contributed by atoms with van der Waals surface area (Å²) in [5, 5.41) is 2.12. The van der Waals surface area contributed by atoms with Crippen LogP contribution in [0, 0.1) is 0 Å². The second-order valence-electron chi connectivity index (χ2n) is 16.3. The Balaban J connectivity index is 1.12. The predicted molar refractivity (Wildman–Crippen MR) is 266 cm³/mol. The lowest BCUT2D eigenvalue weighted by molar-refractivity contribution is 0.492. The summed E-state index contributed by atoms with van der Waals surface area (Å²) in [7, 11) is 0. The fraction of sp³-hybridized carbons (Fsp3) is 0. The monoisotopic (exact) mass is 829 g/mol. The van der Waals surface area contributed by atoms with Gasteiger partial charge in [0.2, 0.25) is 0 Å². The van der Waals surface area contributed by atoms with Crippen molar-refractivity contribution in [3.05, 3.63) is 237 Å². The van der Waals surface area contributed by atoms with Crippen molar-refractivity contribution in [2.24, 2.45) is 0 Å². The van der Waals surface area contributed by atoms with E-state index < -0.39 is 0 Å². The second kappa shape index (κ2) is 16.2. The molecule has 304 valence electrons. The van der Waals surface area contributed by atoms with Crippen LogP contribution in [0.25, 0.3) is 112 Å². The smallest absolute Gasteiger partial charge is 0.164 e. The molecule has 10 aromatic carbocycles. The molecule has 4 nitrogen and oxygen atoms in total. The van der Waals surface area contributed by atoms with Crippen LogP contribution in [0.4, 0.5) is 0 Å². The molecule has 0 radical (unpaired) electrons. The first-order valence-electron chi connectivity index (χ1n) is 21.9. The molecule has 0 aliphatic carbocycles. The van der Waals surface area contributed by atoms with Crippen molar-refractivity contribution in [2.45, 2.75) is 0 Å². The van der Waals surface area contributed by atoms with E-state index in [0.29, 0.717) is 17.5 Å². The van der Waals surface area contributed by atoms with Gasteiger partial charge in [0.15, 0.2) is 17.5 Å². The number of nitrogens with zero attached hydrogens (tertiary/aromatic N) is 3. The minimum absolute atomic E-state index is 0.574. The Bertz CT molecular complexity index is 3480. The fourth-order valence-corrected chi connectivity index (χ4v) is 9.20. The zero-order chi connectivity index (χ0) is 43.1. The van der Waals surface area contributed by atoms with E-state index in [2.05, 4.69) is 218 Å². The first-order valence-corrected chi connectivity index (χ1v) is 21.9. The summed E-state index contributed by atoms with van der Waals surface area (Å²) < 4.78 is 7.25. The molecule has 2 heterocycles. The van der Waals surface area contributed by atoms with Gasteiger partial charge in [-0.2, -0.15) is 0 Å². The largest absolute Gasteiger partial charge is 0.455 e. The molecule has 0 saturated carbocycles. The third kappa shape index (κ3) is 7.04. The van der Waals surface area contributed by atoms with E-state index in [-0.39, 0.29) is 0 Å². The number of fused-ring (bicyclic) bond motifs is 11.